The number of anilines is 1. The SMILES string of the molecule is COc1ccc(Cl)c(NC(C)c2c(F)cccc2F)c1. The summed E-state index contributed by atoms with van der Waals surface area (Å²) in [6, 6.07) is 8.26. The van der Waals surface area contributed by atoms with Gasteiger partial charge in [-0.1, -0.05) is 17.7 Å². The van der Waals surface area contributed by atoms with Crippen molar-refractivity contribution in [3.63, 3.8) is 0 Å². The van der Waals surface area contributed by atoms with Gasteiger partial charge in [0.2, 0.25) is 0 Å². The molecule has 0 aliphatic heterocycles. The van der Waals surface area contributed by atoms with E-state index in [2.05, 4.69) is 5.32 Å². The Bertz CT molecular complexity index is 599. The fourth-order valence-corrected chi connectivity index (χ4v) is 2.14. The molecule has 1 atom stereocenters. The van der Waals surface area contributed by atoms with Crippen molar-refractivity contribution >= 4 is 17.3 Å². The molecule has 0 bridgehead atoms. The Morgan fingerprint density at radius 3 is 2.40 bits per heavy atom. The molecule has 0 fully saturated rings. The molecule has 20 heavy (non-hydrogen) atoms. The maximum atomic E-state index is 13.7. The number of hydrogen-bond donors (Lipinski definition) is 1. The molecule has 2 aromatic carbocycles. The van der Waals surface area contributed by atoms with E-state index < -0.39 is 17.7 Å². The first-order valence-electron chi connectivity index (χ1n) is 6.07. The van der Waals surface area contributed by atoms with Gasteiger partial charge in [-0.2, -0.15) is 0 Å². The number of ether oxygens (including phenoxy) is 1. The number of halogens is 3. The van der Waals surface area contributed by atoms with E-state index in [-0.39, 0.29) is 5.56 Å². The molecule has 0 amide bonds. The molecular weight excluding hydrogens is 284 g/mol. The fraction of sp³-hybridized carbons (Fsp3) is 0.200. The van der Waals surface area contributed by atoms with Crippen molar-refractivity contribution in [2.75, 3.05) is 12.4 Å². The van der Waals surface area contributed by atoms with Gasteiger partial charge in [0.05, 0.1) is 23.9 Å². The average Bonchev–Trinajstić information content (AvgIpc) is 2.41. The highest BCUT2D eigenvalue weighted by atomic mass is 35.5. The van der Waals surface area contributed by atoms with E-state index in [1.165, 1.54) is 25.3 Å². The number of methoxy groups -OCH3 is 1. The van der Waals surface area contributed by atoms with Gasteiger partial charge in [0.1, 0.15) is 17.4 Å². The van der Waals surface area contributed by atoms with Crippen LogP contribution in [0.25, 0.3) is 0 Å². The number of rotatable bonds is 4. The van der Waals surface area contributed by atoms with Crippen LogP contribution >= 0.6 is 11.6 Å². The second-order valence-electron chi connectivity index (χ2n) is 4.35. The van der Waals surface area contributed by atoms with Crippen molar-refractivity contribution in [1.82, 2.24) is 0 Å². The lowest BCUT2D eigenvalue weighted by molar-refractivity contribution is 0.415. The Kier molecular flexibility index (Phi) is 4.45. The normalized spacial score (nSPS) is 12.1. The van der Waals surface area contributed by atoms with E-state index in [4.69, 9.17) is 16.3 Å². The third kappa shape index (κ3) is 3.02. The summed E-state index contributed by atoms with van der Waals surface area (Å²) in [5.41, 5.74) is 0.535. The predicted molar refractivity (Wildman–Crippen MR) is 76.4 cm³/mol. The third-order valence-corrected chi connectivity index (χ3v) is 3.31. The fourth-order valence-electron chi connectivity index (χ4n) is 1.97. The molecule has 0 aliphatic carbocycles. The first-order chi connectivity index (χ1) is 9.52. The van der Waals surface area contributed by atoms with E-state index in [0.29, 0.717) is 16.5 Å². The molecule has 0 heterocycles. The Morgan fingerprint density at radius 2 is 1.80 bits per heavy atom. The largest absolute Gasteiger partial charge is 0.497 e. The summed E-state index contributed by atoms with van der Waals surface area (Å²) in [6.07, 6.45) is 0. The molecule has 5 heteroatoms. The van der Waals surface area contributed by atoms with Crippen LogP contribution < -0.4 is 10.1 Å². The second kappa shape index (κ2) is 6.09. The molecule has 2 rings (SSSR count). The molecule has 2 nitrogen and oxygen atoms in total. The zero-order chi connectivity index (χ0) is 14.7. The second-order valence-corrected chi connectivity index (χ2v) is 4.75. The van der Waals surface area contributed by atoms with Crippen molar-refractivity contribution in [1.29, 1.82) is 0 Å². The average molecular weight is 298 g/mol. The van der Waals surface area contributed by atoms with Crippen LogP contribution in [0.2, 0.25) is 5.02 Å². The smallest absolute Gasteiger partial charge is 0.131 e. The van der Waals surface area contributed by atoms with Gasteiger partial charge in [0.15, 0.2) is 0 Å². The molecule has 0 radical (unpaired) electrons. The van der Waals surface area contributed by atoms with Crippen molar-refractivity contribution in [3.8, 4) is 5.75 Å². The highest BCUT2D eigenvalue weighted by Crippen LogP contribution is 2.31. The van der Waals surface area contributed by atoms with Crippen LogP contribution in [-0.4, -0.2) is 7.11 Å². The molecule has 0 aromatic heterocycles. The predicted octanol–water partition coefficient (Wildman–Crippen LogP) is 4.80. The van der Waals surface area contributed by atoms with Crippen LogP contribution in [0, 0.1) is 11.6 Å². The Balaban J connectivity index is 2.30. The number of benzene rings is 2. The van der Waals surface area contributed by atoms with Gasteiger partial charge in [-0.25, -0.2) is 8.78 Å². The van der Waals surface area contributed by atoms with Gasteiger partial charge in [-0.3, -0.25) is 0 Å². The molecule has 0 aliphatic rings. The minimum atomic E-state index is -0.594. The molecule has 1 unspecified atom stereocenters. The minimum Gasteiger partial charge on any atom is -0.497 e. The van der Waals surface area contributed by atoms with E-state index in [1.54, 1.807) is 25.1 Å². The summed E-state index contributed by atoms with van der Waals surface area (Å²) in [7, 11) is 1.53. The molecule has 0 saturated heterocycles. The molecule has 1 N–H and O–H groups in total. The van der Waals surface area contributed by atoms with E-state index in [0.717, 1.165) is 0 Å². The molecule has 0 spiro atoms. The summed E-state index contributed by atoms with van der Waals surface area (Å²) in [5.74, 6) is -0.578. The van der Waals surface area contributed by atoms with E-state index >= 15 is 0 Å². The van der Waals surface area contributed by atoms with E-state index in [1.807, 2.05) is 0 Å². The quantitative estimate of drug-likeness (QED) is 0.875. The lowest BCUT2D eigenvalue weighted by Gasteiger charge is -2.18. The summed E-state index contributed by atoms with van der Waals surface area (Å²) >= 11 is 6.06. The molecule has 106 valence electrons. The van der Waals surface area contributed by atoms with Crippen molar-refractivity contribution in [3.05, 3.63) is 58.6 Å². The summed E-state index contributed by atoms with van der Waals surface area (Å²) in [6.45, 7) is 1.66. The lowest BCUT2D eigenvalue weighted by Crippen LogP contribution is -2.11. The highest BCUT2D eigenvalue weighted by Gasteiger charge is 2.16. The Morgan fingerprint density at radius 1 is 1.15 bits per heavy atom. The molecule has 2 aromatic rings. The van der Waals surface area contributed by atoms with Crippen LogP contribution in [0.4, 0.5) is 14.5 Å². The third-order valence-electron chi connectivity index (χ3n) is 2.98. The summed E-state index contributed by atoms with van der Waals surface area (Å²) < 4.78 is 32.5. The van der Waals surface area contributed by atoms with Gasteiger partial charge in [0, 0.05) is 11.6 Å². The van der Waals surface area contributed by atoms with Crippen molar-refractivity contribution in [2.24, 2.45) is 0 Å². The monoisotopic (exact) mass is 297 g/mol. The van der Waals surface area contributed by atoms with Crippen LogP contribution in [0.3, 0.4) is 0 Å². The van der Waals surface area contributed by atoms with Gasteiger partial charge >= 0.3 is 0 Å². The standard InChI is InChI=1S/C15H14ClF2NO/c1-9(15-12(17)4-3-5-13(15)18)19-14-8-10(20-2)6-7-11(14)16/h3-9,19H,1-2H3. The van der Waals surface area contributed by atoms with Crippen LogP contribution in [0.1, 0.15) is 18.5 Å². The maximum absolute atomic E-state index is 13.7. The summed E-state index contributed by atoms with van der Waals surface area (Å²) in [5, 5.41) is 3.44. The maximum Gasteiger partial charge on any atom is 0.131 e. The Hall–Kier alpha value is -1.81. The Labute approximate surface area is 121 Å². The van der Waals surface area contributed by atoms with Gasteiger partial charge in [0.25, 0.3) is 0 Å². The molecule has 0 saturated carbocycles. The first-order valence-corrected chi connectivity index (χ1v) is 6.44. The van der Waals surface area contributed by atoms with Crippen molar-refractivity contribution < 1.29 is 13.5 Å². The minimum absolute atomic E-state index is 0.0219. The first kappa shape index (κ1) is 14.6. The van der Waals surface area contributed by atoms with Crippen LogP contribution in [-0.2, 0) is 0 Å². The summed E-state index contributed by atoms with van der Waals surface area (Å²) in [4.78, 5) is 0. The van der Waals surface area contributed by atoms with Gasteiger partial charge < -0.3 is 10.1 Å². The van der Waals surface area contributed by atoms with Crippen LogP contribution in [0.15, 0.2) is 36.4 Å². The molecular formula is C15H14ClF2NO. The number of nitrogens with one attached hydrogen (secondary N) is 1. The van der Waals surface area contributed by atoms with E-state index in [9.17, 15) is 8.78 Å². The number of hydrogen-bond acceptors (Lipinski definition) is 2. The van der Waals surface area contributed by atoms with Gasteiger partial charge in [-0.15, -0.1) is 0 Å². The lowest BCUT2D eigenvalue weighted by atomic mass is 10.1. The highest BCUT2D eigenvalue weighted by molar-refractivity contribution is 6.33. The zero-order valence-corrected chi connectivity index (χ0v) is 11.8. The van der Waals surface area contributed by atoms with Crippen LogP contribution in [0.5, 0.6) is 5.75 Å². The zero-order valence-electron chi connectivity index (χ0n) is 11.1. The van der Waals surface area contributed by atoms with Gasteiger partial charge in [-0.05, 0) is 31.2 Å². The topological polar surface area (TPSA) is 21.3 Å². The van der Waals surface area contributed by atoms with Crippen molar-refractivity contribution in [2.45, 2.75) is 13.0 Å².